The van der Waals surface area contributed by atoms with E-state index in [2.05, 4.69) is 80.0 Å². The van der Waals surface area contributed by atoms with E-state index in [-0.39, 0.29) is 6.04 Å². The number of nitrogens with zero attached hydrogens (tertiary/aromatic N) is 2. The molecule has 4 rings (SSSR count). The van der Waals surface area contributed by atoms with Crippen LogP contribution >= 0.6 is 15.9 Å². The van der Waals surface area contributed by atoms with Crippen LogP contribution in [0.2, 0.25) is 0 Å². The maximum atomic E-state index is 5.02. The number of amidine groups is 1. The van der Waals surface area contributed by atoms with E-state index < -0.39 is 0 Å². The quantitative estimate of drug-likeness (QED) is 0.781. The van der Waals surface area contributed by atoms with Crippen LogP contribution in [0.25, 0.3) is 0 Å². The van der Waals surface area contributed by atoms with Crippen molar-refractivity contribution in [2.24, 2.45) is 4.99 Å². The lowest BCUT2D eigenvalue weighted by Crippen LogP contribution is -2.46. The van der Waals surface area contributed by atoms with Gasteiger partial charge in [0.2, 0.25) is 0 Å². The molecular formula is C19H21BrN4. The first-order chi connectivity index (χ1) is 11.8. The van der Waals surface area contributed by atoms with Crippen molar-refractivity contribution in [2.75, 3.05) is 31.5 Å². The fourth-order valence-electron chi connectivity index (χ4n) is 3.33. The summed E-state index contributed by atoms with van der Waals surface area (Å²) in [5.41, 5.74) is 3.41. The van der Waals surface area contributed by atoms with Crippen LogP contribution in [0.4, 0.5) is 11.4 Å². The second-order valence-electron chi connectivity index (χ2n) is 6.24. The molecule has 0 aromatic heterocycles. The normalized spacial score (nSPS) is 20.6. The van der Waals surface area contributed by atoms with Gasteiger partial charge in [0.15, 0.2) is 0 Å². The SMILES string of the molecule is Brc1ccc2c(c1)N=C(N1CCNCC1)CC(c1ccccc1)N2. The average Bonchev–Trinajstić information content (AvgIpc) is 2.82. The number of hydrogen-bond donors (Lipinski definition) is 2. The Balaban J connectivity index is 1.73. The molecule has 0 radical (unpaired) electrons. The molecule has 2 aliphatic rings. The number of benzene rings is 2. The van der Waals surface area contributed by atoms with E-state index in [1.54, 1.807) is 0 Å². The molecule has 4 nitrogen and oxygen atoms in total. The Morgan fingerprint density at radius 1 is 1.04 bits per heavy atom. The summed E-state index contributed by atoms with van der Waals surface area (Å²) in [7, 11) is 0. The largest absolute Gasteiger partial charge is 0.376 e. The van der Waals surface area contributed by atoms with Crippen LogP contribution in [0.1, 0.15) is 18.0 Å². The average molecular weight is 385 g/mol. The third kappa shape index (κ3) is 3.32. The maximum Gasteiger partial charge on any atom is 0.107 e. The molecule has 1 fully saturated rings. The van der Waals surface area contributed by atoms with Crippen molar-refractivity contribution in [1.82, 2.24) is 10.2 Å². The van der Waals surface area contributed by atoms with Gasteiger partial charge in [-0.05, 0) is 23.8 Å². The lowest BCUT2D eigenvalue weighted by molar-refractivity contribution is 0.350. The Bertz CT molecular complexity index is 738. The molecule has 1 unspecified atom stereocenters. The fraction of sp³-hybridized carbons (Fsp3) is 0.316. The molecule has 1 atom stereocenters. The van der Waals surface area contributed by atoms with Gasteiger partial charge in [0, 0.05) is 37.1 Å². The third-order valence-electron chi connectivity index (χ3n) is 4.61. The summed E-state index contributed by atoms with van der Waals surface area (Å²) in [6, 6.07) is 17.2. The van der Waals surface area contributed by atoms with Gasteiger partial charge in [-0.3, -0.25) is 0 Å². The summed E-state index contributed by atoms with van der Waals surface area (Å²) in [6.07, 6.45) is 0.899. The van der Waals surface area contributed by atoms with Crippen molar-refractivity contribution in [2.45, 2.75) is 12.5 Å². The number of nitrogens with one attached hydrogen (secondary N) is 2. The number of piperazine rings is 1. The molecule has 0 saturated carbocycles. The zero-order chi connectivity index (χ0) is 16.4. The molecule has 2 N–H and O–H groups in total. The Labute approximate surface area is 151 Å². The topological polar surface area (TPSA) is 39.7 Å². The predicted octanol–water partition coefficient (Wildman–Crippen LogP) is 3.94. The summed E-state index contributed by atoms with van der Waals surface area (Å²) in [6.45, 7) is 4.08. The monoisotopic (exact) mass is 384 g/mol. The summed E-state index contributed by atoms with van der Waals surface area (Å²) in [5, 5.41) is 7.12. The highest BCUT2D eigenvalue weighted by Crippen LogP contribution is 2.36. The van der Waals surface area contributed by atoms with Crippen LogP contribution in [-0.4, -0.2) is 36.9 Å². The van der Waals surface area contributed by atoms with Crippen LogP contribution in [0.5, 0.6) is 0 Å². The van der Waals surface area contributed by atoms with E-state index in [0.717, 1.165) is 48.4 Å². The van der Waals surface area contributed by atoms with Gasteiger partial charge in [0.1, 0.15) is 5.84 Å². The summed E-state index contributed by atoms with van der Waals surface area (Å²) in [5.74, 6) is 1.18. The molecule has 2 heterocycles. The van der Waals surface area contributed by atoms with Gasteiger partial charge in [0.25, 0.3) is 0 Å². The van der Waals surface area contributed by atoms with E-state index in [9.17, 15) is 0 Å². The van der Waals surface area contributed by atoms with Gasteiger partial charge in [-0.15, -0.1) is 0 Å². The van der Waals surface area contributed by atoms with Crippen LogP contribution in [-0.2, 0) is 0 Å². The molecule has 0 bridgehead atoms. The lowest BCUT2D eigenvalue weighted by Gasteiger charge is -2.31. The van der Waals surface area contributed by atoms with Gasteiger partial charge in [0.05, 0.1) is 17.4 Å². The minimum atomic E-state index is 0.238. The van der Waals surface area contributed by atoms with E-state index in [4.69, 9.17) is 4.99 Å². The van der Waals surface area contributed by atoms with Crippen LogP contribution < -0.4 is 10.6 Å². The van der Waals surface area contributed by atoms with Crippen molar-refractivity contribution in [3.8, 4) is 0 Å². The number of anilines is 1. The van der Waals surface area contributed by atoms with Crippen molar-refractivity contribution in [3.63, 3.8) is 0 Å². The van der Waals surface area contributed by atoms with Crippen LogP contribution in [0, 0.1) is 0 Å². The molecule has 0 spiro atoms. The Kier molecular flexibility index (Phi) is 4.54. The molecular weight excluding hydrogens is 364 g/mol. The van der Waals surface area contributed by atoms with E-state index >= 15 is 0 Å². The number of hydrogen-bond acceptors (Lipinski definition) is 4. The summed E-state index contributed by atoms with van der Waals surface area (Å²) < 4.78 is 1.06. The van der Waals surface area contributed by atoms with Gasteiger partial charge >= 0.3 is 0 Å². The van der Waals surface area contributed by atoms with Gasteiger partial charge in [-0.2, -0.15) is 0 Å². The molecule has 2 aromatic carbocycles. The van der Waals surface area contributed by atoms with E-state index in [1.807, 2.05) is 0 Å². The van der Waals surface area contributed by atoms with Crippen molar-refractivity contribution < 1.29 is 0 Å². The van der Waals surface area contributed by atoms with Crippen molar-refractivity contribution in [1.29, 1.82) is 0 Å². The molecule has 2 aromatic rings. The maximum absolute atomic E-state index is 5.02. The molecule has 0 aliphatic carbocycles. The van der Waals surface area contributed by atoms with Crippen molar-refractivity contribution in [3.05, 3.63) is 58.6 Å². The minimum Gasteiger partial charge on any atom is -0.376 e. The molecule has 2 aliphatic heterocycles. The minimum absolute atomic E-state index is 0.238. The number of halogens is 1. The summed E-state index contributed by atoms with van der Waals surface area (Å²) in [4.78, 5) is 7.44. The highest BCUT2D eigenvalue weighted by molar-refractivity contribution is 9.10. The standard InChI is InChI=1S/C19H21BrN4/c20-15-6-7-16-18(12-15)23-19(24-10-8-21-9-11-24)13-17(22-16)14-4-2-1-3-5-14/h1-7,12,17,21-22H,8-11,13H2. The molecule has 24 heavy (non-hydrogen) atoms. The molecule has 5 heteroatoms. The smallest absolute Gasteiger partial charge is 0.107 e. The lowest BCUT2D eigenvalue weighted by atomic mass is 10.0. The van der Waals surface area contributed by atoms with E-state index in [0.29, 0.717) is 0 Å². The first-order valence-corrected chi connectivity index (χ1v) is 9.23. The number of aliphatic imine (C=N–C) groups is 1. The highest BCUT2D eigenvalue weighted by atomic mass is 79.9. The number of fused-ring (bicyclic) bond motifs is 1. The second kappa shape index (κ2) is 6.95. The van der Waals surface area contributed by atoms with E-state index in [1.165, 1.54) is 11.4 Å². The van der Waals surface area contributed by atoms with Gasteiger partial charge in [-0.25, -0.2) is 4.99 Å². The second-order valence-corrected chi connectivity index (χ2v) is 7.15. The fourth-order valence-corrected chi connectivity index (χ4v) is 3.68. The van der Waals surface area contributed by atoms with Crippen LogP contribution in [0.15, 0.2) is 58.0 Å². The van der Waals surface area contributed by atoms with Crippen molar-refractivity contribution >= 4 is 33.1 Å². The number of rotatable bonds is 1. The first kappa shape index (κ1) is 15.7. The predicted molar refractivity (Wildman–Crippen MR) is 103 cm³/mol. The van der Waals surface area contributed by atoms with Gasteiger partial charge in [-0.1, -0.05) is 46.3 Å². The zero-order valence-electron chi connectivity index (χ0n) is 13.5. The Hall–Kier alpha value is -1.85. The first-order valence-electron chi connectivity index (χ1n) is 8.44. The summed E-state index contributed by atoms with van der Waals surface area (Å²) >= 11 is 3.57. The Morgan fingerprint density at radius 2 is 1.83 bits per heavy atom. The third-order valence-corrected chi connectivity index (χ3v) is 5.10. The zero-order valence-corrected chi connectivity index (χ0v) is 15.1. The molecule has 0 amide bonds. The van der Waals surface area contributed by atoms with Gasteiger partial charge < -0.3 is 15.5 Å². The molecule has 124 valence electrons. The van der Waals surface area contributed by atoms with Crippen LogP contribution in [0.3, 0.4) is 0 Å². The Morgan fingerprint density at radius 3 is 2.62 bits per heavy atom. The molecule has 1 saturated heterocycles. The highest BCUT2D eigenvalue weighted by Gasteiger charge is 2.24.